The minimum atomic E-state index is -0.117. The van der Waals surface area contributed by atoms with E-state index in [1.807, 2.05) is 6.92 Å². The smallest absolute Gasteiger partial charge is 0.133 e. The number of allylic oxidation sites excluding steroid dienone is 1. The Kier molecular flexibility index (Phi) is 3.58. The van der Waals surface area contributed by atoms with Crippen molar-refractivity contribution < 1.29 is 9.90 Å². The van der Waals surface area contributed by atoms with Gasteiger partial charge >= 0.3 is 0 Å². The van der Waals surface area contributed by atoms with Gasteiger partial charge in [0.1, 0.15) is 5.78 Å². The fourth-order valence-corrected chi connectivity index (χ4v) is 7.31. The van der Waals surface area contributed by atoms with Crippen molar-refractivity contribution in [2.75, 3.05) is 0 Å². The highest BCUT2D eigenvalue weighted by Crippen LogP contribution is 2.66. The van der Waals surface area contributed by atoms with E-state index in [1.54, 1.807) is 5.57 Å². The van der Waals surface area contributed by atoms with Crippen LogP contribution in [-0.2, 0) is 4.79 Å². The van der Waals surface area contributed by atoms with E-state index in [0.717, 1.165) is 43.4 Å². The molecule has 0 heterocycles. The molecule has 7 atom stereocenters. The van der Waals surface area contributed by atoms with Gasteiger partial charge in [0, 0.05) is 5.92 Å². The maximum atomic E-state index is 12.2. The number of hydrogen-bond donors (Lipinski definition) is 1. The van der Waals surface area contributed by atoms with Crippen molar-refractivity contribution in [1.82, 2.24) is 0 Å². The van der Waals surface area contributed by atoms with E-state index in [9.17, 15) is 9.90 Å². The molecule has 4 aliphatic carbocycles. The van der Waals surface area contributed by atoms with Crippen LogP contribution < -0.4 is 0 Å². The first-order valence-electron chi connectivity index (χ1n) is 9.74. The summed E-state index contributed by atoms with van der Waals surface area (Å²) in [6.45, 7) is 6.70. The molecule has 5 unspecified atom stereocenters. The third-order valence-corrected chi connectivity index (χ3v) is 8.57. The van der Waals surface area contributed by atoms with Gasteiger partial charge in [0.25, 0.3) is 0 Å². The Morgan fingerprint density at radius 3 is 2.65 bits per heavy atom. The first-order valence-corrected chi connectivity index (χ1v) is 9.74. The number of carbonyl (C=O) groups excluding carboxylic acids is 1. The van der Waals surface area contributed by atoms with Gasteiger partial charge in [0.15, 0.2) is 0 Å². The maximum absolute atomic E-state index is 12.2. The Balaban J connectivity index is 1.66. The summed E-state index contributed by atoms with van der Waals surface area (Å²) in [4.78, 5) is 12.2. The van der Waals surface area contributed by atoms with E-state index >= 15 is 0 Å². The number of ketones is 1. The summed E-state index contributed by atoms with van der Waals surface area (Å²) < 4.78 is 0. The molecule has 23 heavy (non-hydrogen) atoms. The lowest BCUT2D eigenvalue weighted by atomic mass is 9.47. The minimum absolute atomic E-state index is 0.117. The van der Waals surface area contributed by atoms with Crippen molar-refractivity contribution in [3.63, 3.8) is 0 Å². The average Bonchev–Trinajstić information content (AvgIpc) is 2.85. The summed E-state index contributed by atoms with van der Waals surface area (Å²) in [6, 6.07) is 0. The Morgan fingerprint density at radius 1 is 1.13 bits per heavy atom. The second-order valence-electron chi connectivity index (χ2n) is 9.44. The molecule has 0 radical (unpaired) electrons. The van der Waals surface area contributed by atoms with Crippen LogP contribution in [0.1, 0.15) is 72.1 Å². The molecular weight excluding hydrogens is 284 g/mol. The summed E-state index contributed by atoms with van der Waals surface area (Å²) in [5, 5.41) is 10.1. The molecule has 0 aromatic carbocycles. The number of hydrogen-bond acceptors (Lipinski definition) is 2. The second-order valence-corrected chi connectivity index (χ2v) is 9.44. The van der Waals surface area contributed by atoms with E-state index in [1.165, 1.54) is 25.7 Å². The zero-order chi connectivity index (χ0) is 16.4. The predicted octanol–water partition coefficient (Wildman–Crippen LogP) is 4.52. The van der Waals surface area contributed by atoms with E-state index in [2.05, 4.69) is 19.9 Å². The molecule has 0 saturated heterocycles. The fourth-order valence-electron chi connectivity index (χ4n) is 7.31. The van der Waals surface area contributed by atoms with Gasteiger partial charge in [-0.3, -0.25) is 4.79 Å². The molecule has 128 valence electrons. The SMILES string of the molecule is CC(=O)C1CC[C@H]2C3CC=C4CC(O)CCC4(C)[C@H]3CCC12C. The molecule has 0 aromatic rings. The van der Waals surface area contributed by atoms with E-state index in [-0.39, 0.29) is 11.5 Å². The normalized spacial score (nSPS) is 52.2. The third kappa shape index (κ3) is 2.13. The maximum Gasteiger partial charge on any atom is 0.133 e. The second kappa shape index (κ2) is 5.18. The van der Waals surface area contributed by atoms with E-state index < -0.39 is 0 Å². The topological polar surface area (TPSA) is 37.3 Å². The lowest BCUT2D eigenvalue weighted by Gasteiger charge is -2.57. The number of rotatable bonds is 1. The van der Waals surface area contributed by atoms with Gasteiger partial charge in [0.2, 0.25) is 0 Å². The number of aliphatic hydroxyl groups excluding tert-OH is 1. The summed E-state index contributed by atoms with van der Waals surface area (Å²) in [5.41, 5.74) is 2.11. The lowest BCUT2D eigenvalue weighted by molar-refractivity contribution is -0.127. The summed E-state index contributed by atoms with van der Waals surface area (Å²) >= 11 is 0. The van der Waals surface area contributed by atoms with Gasteiger partial charge in [-0.2, -0.15) is 0 Å². The van der Waals surface area contributed by atoms with Crippen molar-refractivity contribution in [2.24, 2.45) is 34.5 Å². The lowest BCUT2D eigenvalue weighted by Crippen LogP contribution is -2.50. The first kappa shape index (κ1) is 15.9. The zero-order valence-corrected chi connectivity index (χ0v) is 15.0. The Hall–Kier alpha value is -0.630. The minimum Gasteiger partial charge on any atom is -0.393 e. The van der Waals surface area contributed by atoms with Crippen LogP contribution in [0.3, 0.4) is 0 Å². The largest absolute Gasteiger partial charge is 0.393 e. The Bertz CT molecular complexity index is 550. The van der Waals surface area contributed by atoms with Crippen molar-refractivity contribution in [3.05, 3.63) is 11.6 Å². The van der Waals surface area contributed by atoms with Crippen LogP contribution in [0, 0.1) is 34.5 Å². The van der Waals surface area contributed by atoms with E-state index in [4.69, 9.17) is 0 Å². The molecule has 2 nitrogen and oxygen atoms in total. The summed E-state index contributed by atoms with van der Waals surface area (Å²) in [6.07, 6.45) is 11.5. The molecule has 0 amide bonds. The van der Waals surface area contributed by atoms with Crippen LogP contribution in [-0.4, -0.2) is 17.0 Å². The van der Waals surface area contributed by atoms with Crippen LogP contribution in [0.2, 0.25) is 0 Å². The first-order chi connectivity index (χ1) is 10.9. The monoisotopic (exact) mass is 316 g/mol. The highest BCUT2D eigenvalue weighted by atomic mass is 16.3. The van der Waals surface area contributed by atoms with Crippen LogP contribution in [0.25, 0.3) is 0 Å². The van der Waals surface area contributed by atoms with Gasteiger partial charge in [-0.1, -0.05) is 25.5 Å². The zero-order valence-electron chi connectivity index (χ0n) is 15.0. The number of aliphatic hydroxyl groups is 1. The Morgan fingerprint density at radius 2 is 1.91 bits per heavy atom. The number of Topliss-reactive ketones (excluding diaryl/α,β-unsaturated/α-hetero) is 1. The van der Waals surface area contributed by atoms with Crippen molar-refractivity contribution in [1.29, 1.82) is 0 Å². The summed E-state index contributed by atoms with van der Waals surface area (Å²) in [7, 11) is 0. The molecule has 2 heteroatoms. The number of fused-ring (bicyclic) bond motifs is 5. The summed E-state index contributed by atoms with van der Waals surface area (Å²) in [5.74, 6) is 3.00. The molecule has 0 aromatic heterocycles. The van der Waals surface area contributed by atoms with Crippen LogP contribution in [0.15, 0.2) is 11.6 Å². The van der Waals surface area contributed by atoms with Gasteiger partial charge < -0.3 is 5.11 Å². The highest BCUT2D eigenvalue weighted by Gasteiger charge is 2.59. The van der Waals surface area contributed by atoms with Crippen molar-refractivity contribution in [3.8, 4) is 0 Å². The molecule has 1 N–H and O–H groups in total. The molecule has 0 spiro atoms. The van der Waals surface area contributed by atoms with E-state index in [0.29, 0.717) is 17.1 Å². The molecule has 0 bridgehead atoms. The molecule has 4 aliphatic rings. The quantitative estimate of drug-likeness (QED) is 0.722. The van der Waals surface area contributed by atoms with Crippen LogP contribution in [0.4, 0.5) is 0 Å². The van der Waals surface area contributed by atoms with Crippen molar-refractivity contribution in [2.45, 2.75) is 78.2 Å². The average molecular weight is 316 g/mol. The van der Waals surface area contributed by atoms with Gasteiger partial charge in [-0.25, -0.2) is 0 Å². The molecular formula is C21H32O2. The fraction of sp³-hybridized carbons (Fsp3) is 0.857. The van der Waals surface area contributed by atoms with Gasteiger partial charge in [-0.15, -0.1) is 0 Å². The van der Waals surface area contributed by atoms with Gasteiger partial charge in [0.05, 0.1) is 6.10 Å². The molecule has 3 fully saturated rings. The molecule has 3 saturated carbocycles. The molecule has 0 aliphatic heterocycles. The standard InChI is InChI=1S/C21H32O2/c1-13(22)17-6-7-18-16-5-4-14-12-15(23)8-10-20(14,2)19(16)9-11-21(17,18)3/h4,15-19,23H,5-12H2,1-3H3/t15?,16?,17?,18-,19-,20?,21?/m0/s1. The molecule has 4 rings (SSSR count). The predicted molar refractivity (Wildman–Crippen MR) is 91.9 cm³/mol. The van der Waals surface area contributed by atoms with Crippen LogP contribution >= 0.6 is 0 Å². The highest BCUT2D eigenvalue weighted by molar-refractivity contribution is 5.79. The number of carbonyl (C=O) groups is 1. The van der Waals surface area contributed by atoms with Crippen molar-refractivity contribution >= 4 is 5.78 Å². The van der Waals surface area contributed by atoms with Gasteiger partial charge in [-0.05, 0) is 86.9 Å². The Labute approximate surface area is 140 Å². The van der Waals surface area contributed by atoms with Crippen LogP contribution in [0.5, 0.6) is 0 Å². The third-order valence-electron chi connectivity index (χ3n) is 8.57.